The smallest absolute Gasteiger partial charge is 0.323 e. The second-order valence-corrected chi connectivity index (χ2v) is 19.3. The fraction of sp³-hybridized carbons (Fsp3) is 0.343. The monoisotopic (exact) mass is 630 g/mol. The third kappa shape index (κ3) is 6.27. The Morgan fingerprint density at radius 3 is 2.18 bits per heavy atom. The molecule has 0 aliphatic carbocycles. The number of nitrogens with zero attached hydrogens (tertiary/aromatic N) is 2. The fourth-order valence-corrected chi connectivity index (χ4v) is 7.95. The van der Waals surface area contributed by atoms with Crippen molar-refractivity contribution in [3.63, 3.8) is 0 Å². The molecule has 0 saturated carbocycles. The number of para-hydroxylation sites is 1. The largest absolute Gasteiger partial charge is 0.547 e. The summed E-state index contributed by atoms with van der Waals surface area (Å²) in [6, 6.07) is 24.9. The van der Waals surface area contributed by atoms with E-state index in [4.69, 9.17) is 9.16 Å². The van der Waals surface area contributed by atoms with E-state index in [9.17, 15) is 13.2 Å². The van der Waals surface area contributed by atoms with Gasteiger partial charge in [-0.15, -0.1) is 0 Å². The molecule has 44 heavy (non-hydrogen) atoms. The zero-order valence-corrected chi connectivity index (χ0v) is 28.2. The Morgan fingerprint density at radius 2 is 1.55 bits per heavy atom. The number of benzene rings is 3. The second-order valence-electron chi connectivity index (χ2n) is 12.8. The molecule has 9 heteroatoms. The molecule has 0 amide bonds. The number of esters is 1. The van der Waals surface area contributed by atoms with E-state index in [1.807, 2.05) is 61.5 Å². The lowest BCUT2D eigenvalue weighted by Gasteiger charge is -2.43. The Morgan fingerprint density at radius 1 is 0.932 bits per heavy atom. The van der Waals surface area contributed by atoms with Crippen LogP contribution in [0.2, 0.25) is 18.1 Å². The van der Waals surface area contributed by atoms with Crippen molar-refractivity contribution in [2.75, 3.05) is 6.61 Å². The van der Waals surface area contributed by atoms with E-state index in [2.05, 4.69) is 44.8 Å². The predicted octanol–water partition coefficient (Wildman–Crippen LogP) is 7.66. The van der Waals surface area contributed by atoms with Crippen LogP contribution >= 0.6 is 0 Å². The summed E-state index contributed by atoms with van der Waals surface area (Å²) in [7, 11) is -6.16. The number of carbonyl (C=O) groups is 1. The van der Waals surface area contributed by atoms with Crippen molar-refractivity contribution in [2.24, 2.45) is 0 Å². The summed E-state index contributed by atoms with van der Waals surface area (Å²) in [5.41, 5.74) is 2.39. The van der Waals surface area contributed by atoms with E-state index in [-0.39, 0.29) is 22.5 Å². The minimum absolute atomic E-state index is 0.0519. The van der Waals surface area contributed by atoms with Gasteiger partial charge in [-0.05, 0) is 54.9 Å². The Balaban J connectivity index is 1.73. The van der Waals surface area contributed by atoms with Crippen molar-refractivity contribution < 1.29 is 22.4 Å². The second kappa shape index (κ2) is 12.4. The first-order chi connectivity index (χ1) is 20.8. The van der Waals surface area contributed by atoms with E-state index in [1.54, 1.807) is 36.5 Å². The lowest BCUT2D eigenvalue weighted by molar-refractivity contribution is -0.151. The van der Waals surface area contributed by atoms with Gasteiger partial charge in [-0.3, -0.25) is 9.69 Å². The first kappa shape index (κ1) is 31.8. The molecule has 0 saturated heterocycles. The Hall–Kier alpha value is -3.66. The molecule has 1 aliphatic heterocycles. The summed E-state index contributed by atoms with van der Waals surface area (Å²) in [6.07, 6.45) is 4.17. The van der Waals surface area contributed by atoms with Gasteiger partial charge >= 0.3 is 5.97 Å². The molecule has 2 atom stereocenters. The lowest BCUT2D eigenvalue weighted by Crippen LogP contribution is -2.48. The average molecular weight is 631 g/mol. The summed E-state index contributed by atoms with van der Waals surface area (Å²) < 4.78 is 41.8. The summed E-state index contributed by atoms with van der Waals surface area (Å²) in [5, 5.41) is 0.742. The fourth-order valence-electron chi connectivity index (χ4n) is 5.44. The maximum absolute atomic E-state index is 14.0. The number of carbonyl (C=O) groups excluding carboxylic acids is 1. The van der Waals surface area contributed by atoms with Gasteiger partial charge in [0.1, 0.15) is 6.04 Å². The van der Waals surface area contributed by atoms with Crippen LogP contribution in [0, 0.1) is 0 Å². The lowest BCUT2D eigenvalue weighted by atomic mass is 9.94. The minimum Gasteiger partial charge on any atom is -0.547 e. The van der Waals surface area contributed by atoms with Crippen LogP contribution in [0.5, 0.6) is 0 Å². The number of hydrogen-bond donors (Lipinski definition) is 0. The van der Waals surface area contributed by atoms with Gasteiger partial charge in [0.05, 0.1) is 28.8 Å². The highest BCUT2D eigenvalue weighted by molar-refractivity contribution is 7.90. The van der Waals surface area contributed by atoms with Crippen LogP contribution in [0.3, 0.4) is 0 Å². The Labute approximate surface area is 262 Å². The summed E-state index contributed by atoms with van der Waals surface area (Å²) in [4.78, 5) is 16.0. The molecule has 0 spiro atoms. The molecule has 0 bridgehead atoms. The predicted molar refractivity (Wildman–Crippen MR) is 177 cm³/mol. The maximum atomic E-state index is 14.0. The van der Waals surface area contributed by atoms with Gasteiger partial charge in [-0.2, -0.15) is 0 Å². The molecule has 0 N–H and O–H groups in total. The van der Waals surface area contributed by atoms with Gasteiger partial charge in [0.25, 0.3) is 10.0 Å². The Bertz CT molecular complexity index is 1760. The molecule has 0 unspecified atom stereocenters. The van der Waals surface area contributed by atoms with Crippen molar-refractivity contribution in [3.8, 4) is 0 Å². The topological polar surface area (TPSA) is 77.8 Å². The molecule has 7 nitrogen and oxygen atoms in total. The number of aromatic nitrogens is 1. The first-order valence-corrected chi connectivity index (χ1v) is 19.4. The SMILES string of the molecule is CCOC(=O)[C@@H]1CC(O[Si](C)(C)C(C)(C)C)=C[C@@H](c2cn(S(=O)(=O)c3ccccc3)c3ccccc23)N1Cc1ccccc1. The highest BCUT2D eigenvalue weighted by Crippen LogP contribution is 2.43. The molecule has 3 aromatic carbocycles. The number of fused-ring (bicyclic) bond motifs is 1. The van der Waals surface area contributed by atoms with Gasteiger partial charge in [0, 0.05) is 30.1 Å². The highest BCUT2D eigenvalue weighted by Gasteiger charge is 2.44. The van der Waals surface area contributed by atoms with Gasteiger partial charge in [0.15, 0.2) is 0 Å². The first-order valence-electron chi connectivity index (χ1n) is 15.1. The molecule has 232 valence electrons. The van der Waals surface area contributed by atoms with E-state index in [0.717, 1.165) is 22.3 Å². The molecule has 1 aromatic heterocycles. The summed E-state index contributed by atoms with van der Waals surface area (Å²) in [5.74, 6) is 0.421. The molecule has 0 fully saturated rings. The minimum atomic E-state index is -3.90. The third-order valence-electron chi connectivity index (χ3n) is 8.78. The standard InChI is InChI=1S/C35H42N2O5SSi/c1-7-41-34(38)33-23-27(42-44(5,6)35(2,3)4)22-32(36(33)24-26-16-10-8-11-17-26)30-25-37(31-21-15-14-20-29(30)31)43(39,40)28-18-12-9-13-19-28/h8-22,25,32-33H,7,23-24H2,1-6H3/t32-,33-/m0/s1. The van der Waals surface area contributed by atoms with Crippen LogP contribution in [0.4, 0.5) is 0 Å². The maximum Gasteiger partial charge on any atom is 0.323 e. The summed E-state index contributed by atoms with van der Waals surface area (Å²) >= 11 is 0. The van der Waals surface area contributed by atoms with E-state index < -0.39 is 30.4 Å². The van der Waals surface area contributed by atoms with E-state index in [1.165, 1.54) is 3.97 Å². The van der Waals surface area contributed by atoms with Crippen molar-refractivity contribution >= 4 is 35.2 Å². The summed E-state index contributed by atoms with van der Waals surface area (Å²) in [6.45, 7) is 13.5. The normalized spacial score (nSPS) is 18.2. The van der Waals surface area contributed by atoms with Crippen LogP contribution in [0.1, 0.15) is 51.3 Å². The highest BCUT2D eigenvalue weighted by atomic mass is 32.2. The van der Waals surface area contributed by atoms with Crippen LogP contribution in [-0.2, 0) is 30.5 Å². The van der Waals surface area contributed by atoms with Crippen LogP contribution in [0.15, 0.2) is 108 Å². The number of hydrogen-bond acceptors (Lipinski definition) is 6. The van der Waals surface area contributed by atoms with Gasteiger partial charge < -0.3 is 9.16 Å². The number of rotatable bonds is 9. The van der Waals surface area contributed by atoms with Gasteiger partial charge in [0.2, 0.25) is 8.32 Å². The van der Waals surface area contributed by atoms with E-state index >= 15 is 0 Å². The third-order valence-corrected chi connectivity index (χ3v) is 14.9. The van der Waals surface area contributed by atoms with Crippen LogP contribution in [0.25, 0.3) is 10.9 Å². The van der Waals surface area contributed by atoms with Crippen molar-refractivity contribution in [1.82, 2.24) is 8.87 Å². The molecule has 0 radical (unpaired) electrons. The zero-order valence-electron chi connectivity index (χ0n) is 26.4. The van der Waals surface area contributed by atoms with Crippen molar-refractivity contribution in [3.05, 3.63) is 114 Å². The van der Waals surface area contributed by atoms with Crippen LogP contribution < -0.4 is 0 Å². The van der Waals surface area contributed by atoms with E-state index in [0.29, 0.717) is 18.5 Å². The average Bonchev–Trinajstić information content (AvgIpc) is 3.38. The Kier molecular flexibility index (Phi) is 8.93. The van der Waals surface area contributed by atoms with Gasteiger partial charge in [-0.25, -0.2) is 12.4 Å². The number of ether oxygens (including phenoxy) is 1. The molecular formula is C35H42N2O5SSi. The van der Waals surface area contributed by atoms with Crippen molar-refractivity contribution in [1.29, 1.82) is 0 Å². The van der Waals surface area contributed by atoms with Gasteiger partial charge in [-0.1, -0.05) is 87.5 Å². The zero-order chi connectivity index (χ0) is 31.7. The van der Waals surface area contributed by atoms with Crippen LogP contribution in [-0.4, -0.2) is 44.2 Å². The molecule has 4 aromatic rings. The molecule has 1 aliphatic rings. The quantitative estimate of drug-likeness (QED) is 0.140. The molecular weight excluding hydrogens is 589 g/mol. The molecule has 2 heterocycles. The van der Waals surface area contributed by atoms with Crippen molar-refractivity contribution in [2.45, 2.75) is 75.8 Å². The molecule has 5 rings (SSSR count).